The Kier molecular flexibility index (Phi) is 4.55. The van der Waals surface area contributed by atoms with Crippen molar-refractivity contribution in [3.05, 3.63) is 72.3 Å². The Morgan fingerprint density at radius 2 is 1.87 bits per heavy atom. The van der Waals surface area contributed by atoms with Crippen molar-refractivity contribution in [2.45, 2.75) is 13.0 Å². The van der Waals surface area contributed by atoms with Crippen LogP contribution in [0.4, 0.5) is 0 Å². The summed E-state index contributed by atoms with van der Waals surface area (Å²) < 4.78 is 5.58. The molecule has 0 aliphatic rings. The zero-order chi connectivity index (χ0) is 15.9. The average Bonchev–Trinajstić information content (AvgIpc) is 2.62. The van der Waals surface area contributed by atoms with Crippen LogP contribution in [0.15, 0.2) is 61.1 Å². The number of pyridine rings is 1. The van der Waals surface area contributed by atoms with Crippen LogP contribution in [0.3, 0.4) is 0 Å². The summed E-state index contributed by atoms with van der Waals surface area (Å²) in [7, 11) is 0. The lowest BCUT2D eigenvalue weighted by atomic mass is 10.1. The van der Waals surface area contributed by atoms with Gasteiger partial charge in [0.05, 0.1) is 18.2 Å². The second-order valence-corrected chi connectivity index (χ2v) is 4.89. The average molecular weight is 302 g/mol. The van der Waals surface area contributed by atoms with E-state index in [4.69, 9.17) is 10.00 Å². The third-order valence-corrected chi connectivity index (χ3v) is 3.27. The zero-order valence-corrected chi connectivity index (χ0v) is 12.4. The summed E-state index contributed by atoms with van der Waals surface area (Å²) in [5.41, 5.74) is 3.86. The van der Waals surface area contributed by atoms with Crippen molar-refractivity contribution < 1.29 is 4.74 Å². The van der Waals surface area contributed by atoms with Crippen molar-refractivity contribution in [3.63, 3.8) is 0 Å². The molecule has 0 aliphatic carbocycles. The summed E-state index contributed by atoms with van der Waals surface area (Å²) in [5.74, 6) is 0. The van der Waals surface area contributed by atoms with Crippen LogP contribution in [-0.2, 0) is 13.0 Å². The first-order chi connectivity index (χ1) is 11.3. The topological polar surface area (TPSA) is 71.7 Å². The van der Waals surface area contributed by atoms with Gasteiger partial charge < -0.3 is 4.74 Å². The summed E-state index contributed by atoms with van der Waals surface area (Å²) in [6.07, 6.45) is 5.44. The van der Waals surface area contributed by atoms with Crippen LogP contribution in [-0.4, -0.2) is 15.0 Å². The molecule has 3 aromatic rings. The van der Waals surface area contributed by atoms with Crippen LogP contribution in [0.5, 0.6) is 6.01 Å². The molecule has 23 heavy (non-hydrogen) atoms. The standard InChI is InChI=1S/C18H14N4O/c19-9-7-17-8-11-21-18(22-17)23-13-14-3-5-15(6-4-14)16-2-1-10-20-12-16/h1-6,8,10-12H,7,13H2. The highest BCUT2D eigenvalue weighted by molar-refractivity contribution is 5.62. The highest BCUT2D eigenvalue weighted by Gasteiger charge is 2.02. The molecule has 112 valence electrons. The van der Waals surface area contributed by atoms with Crippen LogP contribution >= 0.6 is 0 Å². The fraction of sp³-hybridized carbons (Fsp3) is 0.111. The largest absolute Gasteiger partial charge is 0.459 e. The van der Waals surface area contributed by atoms with E-state index in [9.17, 15) is 0 Å². The first-order valence-electron chi connectivity index (χ1n) is 7.16. The highest BCUT2D eigenvalue weighted by Crippen LogP contribution is 2.18. The lowest BCUT2D eigenvalue weighted by Crippen LogP contribution is -2.01. The quantitative estimate of drug-likeness (QED) is 0.723. The molecule has 0 N–H and O–H groups in total. The summed E-state index contributed by atoms with van der Waals surface area (Å²) in [6, 6.07) is 16.0. The molecular formula is C18H14N4O. The Morgan fingerprint density at radius 1 is 1.00 bits per heavy atom. The molecule has 0 saturated carbocycles. The molecule has 2 aromatic heterocycles. The number of nitrogens with zero attached hydrogens (tertiary/aromatic N) is 4. The molecule has 5 heteroatoms. The Bertz CT molecular complexity index is 810. The van der Waals surface area contributed by atoms with Crippen molar-refractivity contribution in [2.75, 3.05) is 0 Å². The fourth-order valence-corrected chi connectivity index (χ4v) is 2.10. The van der Waals surface area contributed by atoms with Gasteiger partial charge in [0.15, 0.2) is 0 Å². The van der Waals surface area contributed by atoms with Gasteiger partial charge in [0.1, 0.15) is 6.61 Å². The Morgan fingerprint density at radius 3 is 2.61 bits per heavy atom. The van der Waals surface area contributed by atoms with E-state index in [1.54, 1.807) is 18.5 Å². The van der Waals surface area contributed by atoms with Crippen molar-refractivity contribution in [1.29, 1.82) is 5.26 Å². The number of aromatic nitrogens is 3. The summed E-state index contributed by atoms with van der Waals surface area (Å²) >= 11 is 0. The number of hydrogen-bond donors (Lipinski definition) is 0. The number of benzene rings is 1. The lowest BCUT2D eigenvalue weighted by Gasteiger charge is -2.06. The second kappa shape index (κ2) is 7.14. The molecule has 3 rings (SSSR count). The predicted molar refractivity (Wildman–Crippen MR) is 85.4 cm³/mol. The molecule has 0 aliphatic heterocycles. The molecule has 0 saturated heterocycles. The molecule has 0 bridgehead atoms. The third kappa shape index (κ3) is 3.89. The maximum absolute atomic E-state index is 8.68. The molecule has 0 radical (unpaired) electrons. The zero-order valence-electron chi connectivity index (χ0n) is 12.4. The van der Waals surface area contributed by atoms with E-state index in [1.807, 2.05) is 42.6 Å². The lowest BCUT2D eigenvalue weighted by molar-refractivity contribution is 0.280. The second-order valence-electron chi connectivity index (χ2n) is 4.89. The summed E-state index contributed by atoms with van der Waals surface area (Å²) in [4.78, 5) is 12.3. The van der Waals surface area contributed by atoms with Gasteiger partial charge in [0, 0.05) is 18.6 Å². The van der Waals surface area contributed by atoms with Gasteiger partial charge in [-0.2, -0.15) is 10.2 Å². The van der Waals surface area contributed by atoms with Gasteiger partial charge in [-0.1, -0.05) is 30.3 Å². The number of hydrogen-bond acceptors (Lipinski definition) is 5. The molecule has 5 nitrogen and oxygen atoms in total. The fourth-order valence-electron chi connectivity index (χ4n) is 2.10. The molecule has 1 aromatic carbocycles. The minimum Gasteiger partial charge on any atom is -0.459 e. The molecule has 0 spiro atoms. The Hall–Kier alpha value is -3.26. The molecular weight excluding hydrogens is 288 g/mol. The van der Waals surface area contributed by atoms with Crippen molar-refractivity contribution in [2.24, 2.45) is 0 Å². The minimum absolute atomic E-state index is 0.249. The van der Waals surface area contributed by atoms with Crippen LogP contribution in [0, 0.1) is 11.3 Å². The van der Waals surface area contributed by atoms with E-state index < -0.39 is 0 Å². The van der Waals surface area contributed by atoms with E-state index in [0.29, 0.717) is 12.3 Å². The van der Waals surface area contributed by atoms with E-state index in [1.165, 1.54) is 0 Å². The summed E-state index contributed by atoms with van der Waals surface area (Å²) in [6.45, 7) is 0.378. The molecule has 0 unspecified atom stereocenters. The summed E-state index contributed by atoms with van der Waals surface area (Å²) in [5, 5.41) is 8.68. The highest BCUT2D eigenvalue weighted by atomic mass is 16.5. The van der Waals surface area contributed by atoms with Gasteiger partial charge in [0.2, 0.25) is 0 Å². The molecule has 0 fully saturated rings. The van der Waals surface area contributed by atoms with Gasteiger partial charge in [-0.25, -0.2) is 4.98 Å². The predicted octanol–water partition coefficient (Wildman–Crippen LogP) is 3.18. The van der Waals surface area contributed by atoms with E-state index in [0.717, 1.165) is 16.7 Å². The Balaban J connectivity index is 1.65. The molecule has 2 heterocycles. The van der Waals surface area contributed by atoms with Crippen LogP contribution in [0.25, 0.3) is 11.1 Å². The number of rotatable bonds is 5. The minimum atomic E-state index is 0.249. The monoisotopic (exact) mass is 302 g/mol. The third-order valence-electron chi connectivity index (χ3n) is 3.27. The van der Waals surface area contributed by atoms with Crippen molar-refractivity contribution in [1.82, 2.24) is 15.0 Å². The van der Waals surface area contributed by atoms with Gasteiger partial charge in [-0.05, 0) is 28.8 Å². The maximum atomic E-state index is 8.68. The molecule has 0 atom stereocenters. The smallest absolute Gasteiger partial charge is 0.316 e. The van der Waals surface area contributed by atoms with E-state index >= 15 is 0 Å². The SMILES string of the molecule is N#CCc1ccnc(OCc2ccc(-c3cccnc3)cc2)n1. The first-order valence-corrected chi connectivity index (χ1v) is 7.16. The van der Waals surface area contributed by atoms with E-state index in [2.05, 4.69) is 21.0 Å². The van der Waals surface area contributed by atoms with Gasteiger partial charge in [-0.3, -0.25) is 4.98 Å². The van der Waals surface area contributed by atoms with Crippen LogP contribution in [0.2, 0.25) is 0 Å². The molecule has 0 amide bonds. The Labute approximate surface area is 134 Å². The maximum Gasteiger partial charge on any atom is 0.316 e. The van der Waals surface area contributed by atoms with Gasteiger partial charge in [-0.15, -0.1) is 0 Å². The normalized spacial score (nSPS) is 10.0. The first kappa shape index (κ1) is 14.7. The number of ether oxygens (including phenoxy) is 1. The van der Waals surface area contributed by atoms with Crippen LogP contribution < -0.4 is 4.74 Å². The van der Waals surface area contributed by atoms with Crippen LogP contribution in [0.1, 0.15) is 11.3 Å². The van der Waals surface area contributed by atoms with Gasteiger partial charge in [0.25, 0.3) is 0 Å². The van der Waals surface area contributed by atoms with Crippen molar-refractivity contribution >= 4 is 0 Å². The number of nitriles is 1. The van der Waals surface area contributed by atoms with E-state index in [-0.39, 0.29) is 12.4 Å². The van der Waals surface area contributed by atoms with Crippen molar-refractivity contribution in [3.8, 4) is 23.2 Å². The van der Waals surface area contributed by atoms with Gasteiger partial charge >= 0.3 is 6.01 Å².